The molecule has 21 heavy (non-hydrogen) atoms. The molecule has 0 aliphatic carbocycles. The number of halogens is 1. The van der Waals surface area contributed by atoms with Crippen LogP contribution in [0.2, 0.25) is 0 Å². The van der Waals surface area contributed by atoms with Gasteiger partial charge in [0.05, 0.1) is 0 Å². The Hall–Kier alpha value is -0.950. The number of aryl methyl sites for hydroxylation is 2. The van der Waals surface area contributed by atoms with E-state index in [1.54, 1.807) is 0 Å². The van der Waals surface area contributed by atoms with Crippen molar-refractivity contribution in [2.75, 3.05) is 23.8 Å². The predicted octanol–water partition coefficient (Wildman–Crippen LogP) is 4.58. The van der Waals surface area contributed by atoms with Crippen LogP contribution >= 0.6 is 7.26 Å². The van der Waals surface area contributed by atoms with Gasteiger partial charge in [0.1, 0.15) is 0 Å². The van der Waals surface area contributed by atoms with Gasteiger partial charge in [0.25, 0.3) is 0 Å². The third-order valence-electron chi connectivity index (χ3n) is 5.17. The SMILES string of the molecule is CC[PH](CC)(CC)C(C)C(=O)Nc1c(C)cc(F)cc1C. The Kier molecular flexibility index (Phi) is 6.34. The number of rotatable bonds is 6. The van der Waals surface area contributed by atoms with E-state index in [2.05, 4.69) is 33.0 Å². The summed E-state index contributed by atoms with van der Waals surface area (Å²) in [5.74, 6) is -0.166. The molecule has 0 aromatic heterocycles. The van der Waals surface area contributed by atoms with E-state index in [0.29, 0.717) is 0 Å². The zero-order chi connectivity index (χ0) is 16.2. The van der Waals surface area contributed by atoms with E-state index < -0.39 is 7.26 Å². The molecule has 0 fully saturated rings. The second-order valence-corrected chi connectivity index (χ2v) is 11.8. The minimum absolute atomic E-state index is 0.0707. The number of carbonyl (C=O) groups is 1. The molecule has 0 spiro atoms. The van der Waals surface area contributed by atoms with Crippen LogP contribution in [0.25, 0.3) is 0 Å². The summed E-state index contributed by atoms with van der Waals surface area (Å²) < 4.78 is 13.4. The second-order valence-electron chi connectivity index (χ2n) is 6.05. The molecular weight excluding hydrogens is 284 g/mol. The van der Waals surface area contributed by atoms with E-state index in [9.17, 15) is 9.18 Å². The third-order valence-corrected chi connectivity index (χ3v) is 11.5. The van der Waals surface area contributed by atoms with E-state index in [4.69, 9.17) is 0 Å². The van der Waals surface area contributed by atoms with Crippen molar-refractivity contribution in [3.63, 3.8) is 0 Å². The zero-order valence-electron chi connectivity index (χ0n) is 14.1. The van der Waals surface area contributed by atoms with Crippen LogP contribution < -0.4 is 5.32 Å². The summed E-state index contributed by atoms with van der Waals surface area (Å²) in [6, 6.07) is 2.94. The predicted molar refractivity (Wildman–Crippen MR) is 93.9 cm³/mol. The average Bonchev–Trinajstić information content (AvgIpc) is 2.44. The molecule has 120 valence electrons. The summed E-state index contributed by atoms with van der Waals surface area (Å²) >= 11 is 0. The molecule has 1 rings (SSSR count). The summed E-state index contributed by atoms with van der Waals surface area (Å²) in [5, 5.41) is 3.04. The van der Waals surface area contributed by atoms with Crippen molar-refractivity contribution in [3.8, 4) is 0 Å². The summed E-state index contributed by atoms with van der Waals surface area (Å²) in [5.41, 5.74) is 2.40. The van der Waals surface area contributed by atoms with Gasteiger partial charge in [-0.1, -0.05) is 0 Å². The molecule has 1 aromatic rings. The van der Waals surface area contributed by atoms with E-state index in [0.717, 1.165) is 35.3 Å². The van der Waals surface area contributed by atoms with E-state index in [1.165, 1.54) is 12.1 Å². The van der Waals surface area contributed by atoms with Crippen LogP contribution in [0.1, 0.15) is 38.8 Å². The van der Waals surface area contributed by atoms with Gasteiger partial charge in [-0.15, -0.1) is 0 Å². The van der Waals surface area contributed by atoms with Crippen LogP contribution in [0.5, 0.6) is 0 Å². The molecule has 0 heterocycles. The van der Waals surface area contributed by atoms with Gasteiger partial charge in [-0.05, 0) is 0 Å². The average molecular weight is 313 g/mol. The molecule has 0 bridgehead atoms. The molecule has 0 saturated heterocycles. The molecular formula is C17H29FNOP. The molecule has 0 aliphatic rings. The molecule has 1 N–H and O–H groups in total. The Bertz CT molecular complexity index is 480. The number of hydrogen-bond acceptors (Lipinski definition) is 1. The maximum absolute atomic E-state index is 13.4. The minimum atomic E-state index is -1.57. The van der Waals surface area contributed by atoms with Gasteiger partial charge >= 0.3 is 128 Å². The van der Waals surface area contributed by atoms with Gasteiger partial charge < -0.3 is 0 Å². The monoisotopic (exact) mass is 313 g/mol. The van der Waals surface area contributed by atoms with Gasteiger partial charge in [0, 0.05) is 0 Å². The normalized spacial score (nSPS) is 13.9. The molecule has 1 unspecified atom stereocenters. The van der Waals surface area contributed by atoms with Crippen molar-refractivity contribution in [1.82, 2.24) is 0 Å². The van der Waals surface area contributed by atoms with Gasteiger partial charge in [0.2, 0.25) is 0 Å². The first kappa shape index (κ1) is 18.1. The van der Waals surface area contributed by atoms with Crippen LogP contribution in [0.3, 0.4) is 0 Å². The Morgan fingerprint density at radius 3 is 1.95 bits per heavy atom. The van der Waals surface area contributed by atoms with Gasteiger partial charge in [-0.3, -0.25) is 0 Å². The number of hydrogen-bond donors (Lipinski definition) is 1. The molecule has 1 amide bonds. The fourth-order valence-electron chi connectivity index (χ4n) is 3.29. The molecule has 1 aromatic carbocycles. The van der Waals surface area contributed by atoms with Crippen LogP contribution in [0, 0.1) is 19.7 Å². The summed E-state index contributed by atoms with van der Waals surface area (Å²) in [7, 11) is -1.57. The standard InChI is InChI=1S/C17H29FNOP/c1-7-21(8-2,9-3)14(6)17(20)19-16-12(4)10-15(18)11-13(16)5/h10-11,14,21H,7-9H2,1-6H3,(H,19,20). The van der Waals surface area contributed by atoms with Crippen molar-refractivity contribution in [3.05, 3.63) is 29.1 Å². The first-order chi connectivity index (χ1) is 9.81. The second kappa shape index (κ2) is 7.35. The van der Waals surface area contributed by atoms with Crippen LogP contribution in [-0.4, -0.2) is 30.1 Å². The Labute approximate surface area is 128 Å². The van der Waals surface area contributed by atoms with Gasteiger partial charge in [-0.25, -0.2) is 0 Å². The molecule has 0 saturated carbocycles. The van der Waals surface area contributed by atoms with Crippen LogP contribution in [0.4, 0.5) is 10.1 Å². The fraction of sp³-hybridized carbons (Fsp3) is 0.588. The number of carbonyl (C=O) groups excluding carboxylic acids is 1. The molecule has 0 radical (unpaired) electrons. The number of anilines is 1. The third kappa shape index (κ3) is 3.83. The molecule has 0 aliphatic heterocycles. The quantitative estimate of drug-likeness (QED) is 0.765. The first-order valence-corrected chi connectivity index (χ1v) is 10.6. The van der Waals surface area contributed by atoms with Crippen LogP contribution in [-0.2, 0) is 4.79 Å². The molecule has 2 nitrogen and oxygen atoms in total. The van der Waals surface area contributed by atoms with Crippen molar-refractivity contribution in [2.24, 2.45) is 0 Å². The Morgan fingerprint density at radius 1 is 1.14 bits per heavy atom. The number of amides is 1. The van der Waals surface area contributed by atoms with E-state index >= 15 is 0 Å². The summed E-state index contributed by atoms with van der Waals surface area (Å²) in [6.45, 7) is 12.3. The van der Waals surface area contributed by atoms with Crippen LogP contribution in [0.15, 0.2) is 12.1 Å². The Morgan fingerprint density at radius 2 is 1.57 bits per heavy atom. The zero-order valence-corrected chi connectivity index (χ0v) is 15.1. The number of benzene rings is 1. The summed E-state index contributed by atoms with van der Waals surface area (Å²) in [4.78, 5) is 12.7. The molecule has 4 heteroatoms. The van der Waals surface area contributed by atoms with Crippen molar-refractivity contribution < 1.29 is 9.18 Å². The fourth-order valence-corrected chi connectivity index (χ4v) is 7.25. The van der Waals surface area contributed by atoms with Crippen molar-refractivity contribution in [1.29, 1.82) is 0 Å². The maximum atomic E-state index is 13.4. The summed E-state index contributed by atoms with van der Waals surface area (Å²) in [6.07, 6.45) is 3.36. The van der Waals surface area contributed by atoms with Crippen molar-refractivity contribution in [2.45, 2.75) is 47.2 Å². The topological polar surface area (TPSA) is 29.1 Å². The first-order valence-electron chi connectivity index (χ1n) is 7.88. The number of nitrogens with one attached hydrogen (secondary N) is 1. The molecule has 1 atom stereocenters. The Balaban J connectivity index is 3.01. The van der Waals surface area contributed by atoms with Gasteiger partial charge in [0.15, 0.2) is 0 Å². The van der Waals surface area contributed by atoms with Gasteiger partial charge in [-0.2, -0.15) is 0 Å². The van der Waals surface area contributed by atoms with Crippen molar-refractivity contribution >= 4 is 18.9 Å². The van der Waals surface area contributed by atoms with E-state index in [-0.39, 0.29) is 17.4 Å². The van der Waals surface area contributed by atoms with E-state index in [1.807, 2.05) is 13.8 Å².